The summed E-state index contributed by atoms with van der Waals surface area (Å²) >= 11 is 0. The molecule has 1 N–H and O–H groups in total. The van der Waals surface area contributed by atoms with E-state index in [1.165, 1.54) is 89.9 Å². The van der Waals surface area contributed by atoms with Gasteiger partial charge >= 0.3 is 0 Å². The van der Waals surface area contributed by atoms with Crippen molar-refractivity contribution in [2.45, 2.75) is 104 Å². The summed E-state index contributed by atoms with van der Waals surface area (Å²) in [5.74, 6) is 3.04. The summed E-state index contributed by atoms with van der Waals surface area (Å²) < 4.78 is 0. The molecule has 130 valence electrons. The van der Waals surface area contributed by atoms with Crippen molar-refractivity contribution in [2.75, 3.05) is 6.61 Å². The summed E-state index contributed by atoms with van der Waals surface area (Å²) in [5, 5.41) is 9.88. The van der Waals surface area contributed by atoms with Crippen LogP contribution in [0.1, 0.15) is 104 Å². The first-order chi connectivity index (χ1) is 10.7. The molecule has 2 aliphatic carbocycles. The molecule has 2 fully saturated rings. The minimum absolute atomic E-state index is 0.296. The Kier molecular flexibility index (Phi) is 7.74. The summed E-state index contributed by atoms with van der Waals surface area (Å²) in [4.78, 5) is 0. The molecule has 0 unspecified atom stereocenters. The number of hydrogen-bond donors (Lipinski definition) is 1. The fourth-order valence-corrected chi connectivity index (χ4v) is 5.20. The maximum absolute atomic E-state index is 9.88. The quantitative estimate of drug-likeness (QED) is 0.554. The number of aliphatic hydroxyl groups excluding tert-OH is 1. The lowest BCUT2D eigenvalue weighted by molar-refractivity contribution is 0.0334. The fourth-order valence-electron chi connectivity index (χ4n) is 5.20. The van der Waals surface area contributed by atoms with Crippen molar-refractivity contribution in [3.05, 3.63) is 0 Å². The van der Waals surface area contributed by atoms with E-state index < -0.39 is 0 Å². The molecule has 1 nitrogen and oxygen atoms in total. The van der Waals surface area contributed by atoms with Gasteiger partial charge in [0.2, 0.25) is 0 Å². The van der Waals surface area contributed by atoms with Crippen LogP contribution in [0.4, 0.5) is 0 Å². The first-order valence-corrected chi connectivity index (χ1v) is 10.3. The summed E-state index contributed by atoms with van der Waals surface area (Å²) in [6.45, 7) is 5.02. The molecule has 1 heteroatoms. The zero-order chi connectivity index (χ0) is 15.8. The molecule has 0 bridgehead atoms. The van der Waals surface area contributed by atoms with Gasteiger partial charge in [-0.15, -0.1) is 0 Å². The van der Waals surface area contributed by atoms with E-state index in [9.17, 15) is 5.11 Å². The molecule has 2 saturated carbocycles. The van der Waals surface area contributed by atoms with Gasteiger partial charge in [-0.1, -0.05) is 58.8 Å². The highest BCUT2D eigenvalue weighted by Gasteiger charge is 2.37. The van der Waals surface area contributed by atoms with E-state index in [4.69, 9.17) is 0 Å². The van der Waals surface area contributed by atoms with E-state index in [1.54, 1.807) is 0 Å². The topological polar surface area (TPSA) is 20.2 Å². The largest absolute Gasteiger partial charge is 0.396 e. The predicted octanol–water partition coefficient (Wildman–Crippen LogP) is 6.34. The molecule has 2 aliphatic rings. The SMILES string of the molecule is CCCCC1CCC(C2CCC(CO)(CCCC)CC2)CC1. The number of aliphatic hydroxyl groups is 1. The number of hydrogen-bond acceptors (Lipinski definition) is 1. The Morgan fingerprint density at radius 2 is 1.41 bits per heavy atom. The molecule has 2 rings (SSSR count). The van der Waals surface area contributed by atoms with Crippen LogP contribution in [0.5, 0.6) is 0 Å². The Balaban J connectivity index is 1.73. The van der Waals surface area contributed by atoms with E-state index in [2.05, 4.69) is 13.8 Å². The lowest BCUT2D eigenvalue weighted by atomic mass is 9.63. The highest BCUT2D eigenvalue weighted by molar-refractivity contribution is 4.88. The zero-order valence-electron chi connectivity index (χ0n) is 15.3. The van der Waals surface area contributed by atoms with E-state index in [0.717, 1.165) is 17.8 Å². The highest BCUT2D eigenvalue weighted by Crippen LogP contribution is 2.47. The Bertz CT molecular complexity index is 282. The number of unbranched alkanes of at least 4 members (excludes halogenated alkanes) is 2. The fraction of sp³-hybridized carbons (Fsp3) is 1.00. The monoisotopic (exact) mass is 308 g/mol. The lowest BCUT2D eigenvalue weighted by Crippen LogP contribution is -2.34. The third-order valence-electron chi connectivity index (χ3n) is 7.01. The van der Waals surface area contributed by atoms with E-state index in [0.29, 0.717) is 12.0 Å². The Hall–Kier alpha value is -0.0400. The Labute approximate surface area is 139 Å². The predicted molar refractivity (Wildman–Crippen MR) is 96.0 cm³/mol. The normalized spacial score (nSPS) is 36.4. The first kappa shape index (κ1) is 18.3. The summed E-state index contributed by atoms with van der Waals surface area (Å²) in [6, 6.07) is 0. The van der Waals surface area contributed by atoms with Crippen LogP contribution in [0.2, 0.25) is 0 Å². The average Bonchev–Trinajstić information content (AvgIpc) is 2.59. The number of rotatable bonds is 8. The second-order valence-corrected chi connectivity index (χ2v) is 8.52. The van der Waals surface area contributed by atoms with Gasteiger partial charge in [-0.05, 0) is 68.1 Å². The molecule has 0 aromatic carbocycles. The second-order valence-electron chi connectivity index (χ2n) is 8.52. The van der Waals surface area contributed by atoms with Gasteiger partial charge in [0, 0.05) is 6.61 Å². The Morgan fingerprint density at radius 1 is 0.818 bits per heavy atom. The summed E-state index contributed by atoms with van der Waals surface area (Å²) in [5.41, 5.74) is 0.296. The van der Waals surface area contributed by atoms with E-state index in [-0.39, 0.29) is 0 Å². The van der Waals surface area contributed by atoms with Gasteiger partial charge in [-0.25, -0.2) is 0 Å². The van der Waals surface area contributed by atoms with Gasteiger partial charge in [-0.3, -0.25) is 0 Å². The van der Waals surface area contributed by atoms with Crippen molar-refractivity contribution in [3.8, 4) is 0 Å². The van der Waals surface area contributed by atoms with Crippen LogP contribution in [0, 0.1) is 23.2 Å². The van der Waals surface area contributed by atoms with Crippen molar-refractivity contribution < 1.29 is 5.11 Å². The molecular formula is C21H40O. The molecule has 0 spiro atoms. The molecule has 0 amide bonds. The minimum Gasteiger partial charge on any atom is -0.396 e. The van der Waals surface area contributed by atoms with Crippen molar-refractivity contribution in [1.29, 1.82) is 0 Å². The molecule has 0 aromatic heterocycles. The second kappa shape index (κ2) is 9.30. The van der Waals surface area contributed by atoms with Crippen molar-refractivity contribution >= 4 is 0 Å². The van der Waals surface area contributed by atoms with Gasteiger partial charge in [0.05, 0.1) is 0 Å². The van der Waals surface area contributed by atoms with E-state index >= 15 is 0 Å². The maximum atomic E-state index is 9.88. The van der Waals surface area contributed by atoms with Crippen LogP contribution in [0.15, 0.2) is 0 Å². The minimum atomic E-state index is 0.296. The van der Waals surface area contributed by atoms with Gasteiger partial charge in [0.15, 0.2) is 0 Å². The lowest BCUT2D eigenvalue weighted by Gasteiger charge is -2.43. The van der Waals surface area contributed by atoms with Crippen LogP contribution >= 0.6 is 0 Å². The average molecular weight is 309 g/mol. The van der Waals surface area contributed by atoms with Gasteiger partial charge < -0.3 is 5.11 Å². The molecule has 0 heterocycles. The van der Waals surface area contributed by atoms with Crippen LogP contribution in [0.3, 0.4) is 0 Å². The third-order valence-corrected chi connectivity index (χ3v) is 7.01. The van der Waals surface area contributed by atoms with Crippen molar-refractivity contribution in [3.63, 3.8) is 0 Å². The van der Waals surface area contributed by atoms with Gasteiger partial charge in [0.25, 0.3) is 0 Å². The van der Waals surface area contributed by atoms with Gasteiger partial charge in [-0.2, -0.15) is 0 Å². The molecule has 0 radical (unpaired) electrons. The Morgan fingerprint density at radius 3 is 1.95 bits per heavy atom. The molecule has 0 aromatic rings. The smallest absolute Gasteiger partial charge is 0.0487 e. The van der Waals surface area contributed by atoms with Gasteiger partial charge in [0.1, 0.15) is 0 Å². The first-order valence-electron chi connectivity index (χ1n) is 10.3. The van der Waals surface area contributed by atoms with Crippen LogP contribution in [-0.4, -0.2) is 11.7 Å². The molecule has 0 atom stereocenters. The highest BCUT2D eigenvalue weighted by atomic mass is 16.3. The summed E-state index contributed by atoms with van der Waals surface area (Å²) in [7, 11) is 0. The third kappa shape index (κ3) is 4.98. The zero-order valence-corrected chi connectivity index (χ0v) is 15.3. The maximum Gasteiger partial charge on any atom is 0.0487 e. The molecule has 0 aliphatic heterocycles. The standard InChI is InChI=1S/C21H40O/c1-3-5-7-18-8-10-19(11-9-18)20-12-15-21(17-22,16-13-20)14-6-4-2/h18-20,22H,3-17H2,1-2H3. The van der Waals surface area contributed by atoms with E-state index in [1.807, 2.05) is 0 Å². The summed E-state index contributed by atoms with van der Waals surface area (Å²) in [6.07, 6.45) is 19.5. The van der Waals surface area contributed by atoms with Crippen LogP contribution < -0.4 is 0 Å². The van der Waals surface area contributed by atoms with Crippen LogP contribution in [0.25, 0.3) is 0 Å². The van der Waals surface area contributed by atoms with Crippen molar-refractivity contribution in [1.82, 2.24) is 0 Å². The van der Waals surface area contributed by atoms with Crippen LogP contribution in [-0.2, 0) is 0 Å². The molecular weight excluding hydrogens is 268 g/mol. The molecule has 0 saturated heterocycles. The van der Waals surface area contributed by atoms with Crippen molar-refractivity contribution in [2.24, 2.45) is 23.2 Å². The molecule has 22 heavy (non-hydrogen) atoms.